The number of fused-ring (bicyclic) bond motifs is 1. The van der Waals surface area contributed by atoms with Crippen molar-refractivity contribution in [2.24, 2.45) is 0 Å². The van der Waals surface area contributed by atoms with E-state index in [0.29, 0.717) is 17.8 Å². The molecule has 4 rings (SSSR count). The lowest BCUT2D eigenvalue weighted by Gasteiger charge is -2.25. The largest absolute Gasteiger partial charge is 0.326 e. The molecule has 2 aliphatic heterocycles. The fourth-order valence-corrected chi connectivity index (χ4v) is 3.81. The van der Waals surface area contributed by atoms with Crippen LogP contribution in [0.25, 0.3) is 0 Å². The first kappa shape index (κ1) is 17.3. The van der Waals surface area contributed by atoms with E-state index in [1.165, 1.54) is 0 Å². The van der Waals surface area contributed by atoms with Crippen molar-refractivity contribution >= 4 is 34.8 Å². The zero-order chi connectivity index (χ0) is 19.0. The van der Waals surface area contributed by atoms with E-state index in [0.717, 1.165) is 29.8 Å². The smallest absolute Gasteiger partial charge is 0.232 e. The maximum atomic E-state index is 12.8. The lowest BCUT2D eigenvalue weighted by atomic mass is 9.89. The summed E-state index contributed by atoms with van der Waals surface area (Å²) in [6.07, 6.45) is 1.59. The molecule has 1 fully saturated rings. The first-order valence-corrected chi connectivity index (χ1v) is 9.13. The van der Waals surface area contributed by atoms with E-state index in [1.807, 2.05) is 37.3 Å². The Balaban J connectivity index is 1.54. The summed E-state index contributed by atoms with van der Waals surface area (Å²) in [6.45, 7) is 2.67. The second-order valence-electron chi connectivity index (χ2n) is 7.03. The third kappa shape index (κ3) is 3.30. The maximum Gasteiger partial charge on any atom is 0.232 e. The summed E-state index contributed by atoms with van der Waals surface area (Å²) < 4.78 is 0. The fourth-order valence-electron chi connectivity index (χ4n) is 3.81. The summed E-state index contributed by atoms with van der Waals surface area (Å²) in [5.74, 6) is -0.746. The van der Waals surface area contributed by atoms with Crippen LogP contribution in [0.2, 0.25) is 0 Å². The molecule has 1 atom stereocenters. The topological polar surface area (TPSA) is 78.5 Å². The van der Waals surface area contributed by atoms with Crippen molar-refractivity contribution in [3.8, 4) is 0 Å². The van der Waals surface area contributed by atoms with Crippen molar-refractivity contribution in [1.82, 2.24) is 0 Å². The third-order valence-corrected chi connectivity index (χ3v) is 5.14. The Morgan fingerprint density at radius 1 is 1.19 bits per heavy atom. The number of carbonyl (C=O) groups is 3. The molecule has 0 aliphatic carbocycles. The third-order valence-electron chi connectivity index (χ3n) is 5.14. The number of hydrogen-bond donors (Lipinski definition) is 2. The minimum atomic E-state index is -0.518. The Hall–Kier alpha value is -3.15. The van der Waals surface area contributed by atoms with Crippen LogP contribution in [0.1, 0.15) is 36.3 Å². The molecule has 6 nitrogen and oxygen atoms in total. The molecule has 2 aliphatic rings. The quantitative estimate of drug-likeness (QED) is 0.879. The van der Waals surface area contributed by atoms with Gasteiger partial charge in [-0.05, 0) is 48.7 Å². The Kier molecular flexibility index (Phi) is 4.39. The molecular formula is C21H21N3O3. The summed E-state index contributed by atoms with van der Waals surface area (Å²) in [4.78, 5) is 38.5. The van der Waals surface area contributed by atoms with Crippen LogP contribution in [0.15, 0.2) is 42.5 Å². The number of nitrogens with zero attached hydrogens (tertiary/aromatic N) is 1. The predicted octanol–water partition coefficient (Wildman–Crippen LogP) is 3.19. The van der Waals surface area contributed by atoms with Gasteiger partial charge in [-0.2, -0.15) is 0 Å². The minimum Gasteiger partial charge on any atom is -0.326 e. The summed E-state index contributed by atoms with van der Waals surface area (Å²) >= 11 is 0. The normalized spacial score (nSPS) is 18.9. The predicted molar refractivity (Wildman–Crippen MR) is 104 cm³/mol. The Morgan fingerprint density at radius 3 is 2.74 bits per heavy atom. The van der Waals surface area contributed by atoms with Crippen LogP contribution in [-0.2, 0) is 14.4 Å². The molecule has 2 N–H and O–H groups in total. The van der Waals surface area contributed by atoms with Crippen LogP contribution in [0.3, 0.4) is 0 Å². The molecule has 6 heteroatoms. The molecule has 0 spiro atoms. The van der Waals surface area contributed by atoms with Gasteiger partial charge in [-0.3, -0.25) is 14.4 Å². The first-order valence-electron chi connectivity index (χ1n) is 9.13. The first-order chi connectivity index (χ1) is 13.0. The Morgan fingerprint density at radius 2 is 2.00 bits per heavy atom. The van der Waals surface area contributed by atoms with Gasteiger partial charge in [0.2, 0.25) is 17.7 Å². The fraction of sp³-hybridized carbons (Fsp3) is 0.286. The average Bonchev–Trinajstić information content (AvgIpc) is 3.07. The molecule has 2 aromatic carbocycles. The van der Waals surface area contributed by atoms with Crippen LogP contribution in [0.5, 0.6) is 0 Å². The summed E-state index contributed by atoms with van der Waals surface area (Å²) in [7, 11) is 0. The molecule has 2 aromatic rings. The molecule has 1 saturated heterocycles. The lowest BCUT2D eigenvalue weighted by molar-refractivity contribution is -0.123. The molecule has 27 heavy (non-hydrogen) atoms. The number of carbonyl (C=O) groups excluding carboxylic acids is 3. The van der Waals surface area contributed by atoms with Crippen molar-refractivity contribution in [3.63, 3.8) is 0 Å². The molecule has 0 radical (unpaired) electrons. The second-order valence-corrected chi connectivity index (χ2v) is 7.03. The number of rotatable bonds is 3. The van der Waals surface area contributed by atoms with Crippen LogP contribution in [-0.4, -0.2) is 24.3 Å². The van der Waals surface area contributed by atoms with Gasteiger partial charge in [-0.15, -0.1) is 0 Å². The lowest BCUT2D eigenvalue weighted by Crippen LogP contribution is -2.30. The zero-order valence-corrected chi connectivity index (χ0v) is 15.1. The molecule has 0 bridgehead atoms. The highest BCUT2D eigenvalue weighted by molar-refractivity contribution is 6.05. The highest BCUT2D eigenvalue weighted by atomic mass is 16.2. The van der Waals surface area contributed by atoms with Crippen molar-refractivity contribution in [1.29, 1.82) is 0 Å². The summed E-state index contributed by atoms with van der Waals surface area (Å²) in [6, 6.07) is 12.9. The van der Waals surface area contributed by atoms with Gasteiger partial charge in [0.15, 0.2) is 0 Å². The molecule has 2 heterocycles. The molecule has 0 aromatic heterocycles. The molecule has 3 amide bonds. The highest BCUT2D eigenvalue weighted by Crippen LogP contribution is 2.33. The zero-order valence-electron chi connectivity index (χ0n) is 15.1. The van der Waals surface area contributed by atoms with Crippen LogP contribution in [0, 0.1) is 6.92 Å². The second kappa shape index (κ2) is 6.87. The summed E-state index contributed by atoms with van der Waals surface area (Å²) in [5.41, 5.74) is 4.00. The van der Waals surface area contributed by atoms with E-state index < -0.39 is 5.92 Å². The van der Waals surface area contributed by atoms with Crippen molar-refractivity contribution < 1.29 is 14.4 Å². The number of hydrogen-bond acceptors (Lipinski definition) is 3. The van der Waals surface area contributed by atoms with Crippen LogP contribution in [0.4, 0.5) is 17.1 Å². The Labute approximate surface area is 157 Å². The SMILES string of the molecule is Cc1cc(NC(=O)C2CC(=O)Nc3ccccc32)ccc1N1CCCC1=O. The van der Waals surface area contributed by atoms with Gasteiger partial charge in [-0.1, -0.05) is 18.2 Å². The van der Waals surface area contributed by atoms with Gasteiger partial charge < -0.3 is 15.5 Å². The number of para-hydroxylation sites is 1. The molecule has 0 saturated carbocycles. The van der Waals surface area contributed by atoms with Crippen molar-refractivity contribution in [2.75, 3.05) is 22.1 Å². The Bertz CT molecular complexity index is 938. The van der Waals surface area contributed by atoms with Crippen LogP contribution >= 0.6 is 0 Å². The van der Waals surface area contributed by atoms with E-state index in [9.17, 15) is 14.4 Å². The number of amides is 3. The number of benzene rings is 2. The summed E-state index contributed by atoms with van der Waals surface area (Å²) in [5, 5.41) is 5.72. The van der Waals surface area contributed by atoms with Gasteiger partial charge in [0.1, 0.15) is 0 Å². The molecule has 1 unspecified atom stereocenters. The van der Waals surface area contributed by atoms with E-state index in [-0.39, 0.29) is 24.1 Å². The number of nitrogens with one attached hydrogen (secondary N) is 2. The standard InChI is InChI=1S/C21H21N3O3/c1-13-11-14(8-9-18(13)24-10-4-7-20(24)26)22-21(27)16-12-19(25)23-17-6-3-2-5-15(16)17/h2-3,5-6,8-9,11,16H,4,7,10,12H2,1H3,(H,22,27)(H,23,25). The minimum absolute atomic E-state index is 0.127. The van der Waals surface area contributed by atoms with Gasteiger partial charge in [0, 0.05) is 36.4 Å². The number of aryl methyl sites for hydroxylation is 1. The average molecular weight is 363 g/mol. The van der Waals surface area contributed by atoms with Gasteiger partial charge in [0.05, 0.1) is 5.92 Å². The number of anilines is 3. The van der Waals surface area contributed by atoms with Gasteiger partial charge >= 0.3 is 0 Å². The van der Waals surface area contributed by atoms with E-state index in [1.54, 1.807) is 17.0 Å². The molecule has 138 valence electrons. The van der Waals surface area contributed by atoms with E-state index in [4.69, 9.17) is 0 Å². The van der Waals surface area contributed by atoms with E-state index >= 15 is 0 Å². The van der Waals surface area contributed by atoms with Gasteiger partial charge in [0.25, 0.3) is 0 Å². The van der Waals surface area contributed by atoms with Crippen LogP contribution < -0.4 is 15.5 Å². The van der Waals surface area contributed by atoms with Gasteiger partial charge in [-0.25, -0.2) is 0 Å². The van der Waals surface area contributed by atoms with E-state index in [2.05, 4.69) is 10.6 Å². The highest BCUT2D eigenvalue weighted by Gasteiger charge is 2.30. The van der Waals surface area contributed by atoms with Crippen molar-refractivity contribution in [3.05, 3.63) is 53.6 Å². The molecular weight excluding hydrogens is 342 g/mol. The monoisotopic (exact) mass is 363 g/mol. The van der Waals surface area contributed by atoms with Crippen molar-refractivity contribution in [2.45, 2.75) is 32.1 Å². The maximum absolute atomic E-state index is 12.8.